The Morgan fingerprint density at radius 2 is 1.77 bits per heavy atom. The molecule has 2 aromatic carbocycles. The van der Waals surface area contributed by atoms with Gasteiger partial charge in [-0.25, -0.2) is 14.5 Å². The Hall–Kier alpha value is -3.41. The average Bonchev–Trinajstić information content (AvgIpc) is 2.78. The zero-order chi connectivity index (χ0) is 25.7. The van der Waals surface area contributed by atoms with Gasteiger partial charge in [-0.05, 0) is 97.3 Å². The van der Waals surface area contributed by atoms with Crippen molar-refractivity contribution in [3.8, 4) is 11.5 Å². The quantitative estimate of drug-likeness (QED) is 0.214. The van der Waals surface area contributed by atoms with Gasteiger partial charge in [0.05, 0.1) is 22.5 Å². The van der Waals surface area contributed by atoms with Crippen molar-refractivity contribution in [2.75, 3.05) is 24.7 Å². The number of urea groups is 1. The van der Waals surface area contributed by atoms with E-state index in [9.17, 15) is 19.2 Å². The van der Waals surface area contributed by atoms with Crippen LogP contribution in [0.4, 0.5) is 10.5 Å². The molecule has 4 amide bonds. The highest BCUT2D eigenvalue weighted by Crippen LogP contribution is 2.35. The predicted octanol–water partition coefficient (Wildman–Crippen LogP) is 3.92. The lowest BCUT2D eigenvalue weighted by Crippen LogP contribution is -2.54. The van der Waals surface area contributed by atoms with E-state index in [1.807, 2.05) is 36.4 Å². The molecule has 1 fully saturated rings. The lowest BCUT2D eigenvalue weighted by molar-refractivity contribution is -0.145. The molecule has 2 aromatic rings. The highest BCUT2D eigenvalue weighted by Gasteiger charge is 2.37. The molecule has 184 valence electrons. The predicted molar refractivity (Wildman–Crippen MR) is 137 cm³/mol. The average molecular weight is 592 g/mol. The molecule has 1 N–H and O–H groups in total. The summed E-state index contributed by atoms with van der Waals surface area (Å²) in [7, 11) is 0. The smallest absolute Gasteiger partial charge is 0.344 e. The number of ether oxygens (including phenoxy) is 3. The number of rotatable bonds is 8. The van der Waals surface area contributed by atoms with Crippen LogP contribution in [0.2, 0.25) is 0 Å². The first-order valence-electron chi connectivity index (χ1n) is 10.9. The summed E-state index contributed by atoms with van der Waals surface area (Å²) in [5.41, 5.74) is 2.55. The number of benzene rings is 2. The fourth-order valence-electron chi connectivity index (χ4n) is 3.33. The van der Waals surface area contributed by atoms with Gasteiger partial charge in [-0.15, -0.1) is 0 Å². The summed E-state index contributed by atoms with van der Waals surface area (Å²) < 4.78 is 16.8. The fraction of sp³-hybridized carbons (Fsp3) is 0.280. The van der Waals surface area contributed by atoms with E-state index in [4.69, 9.17) is 14.2 Å². The molecule has 1 saturated heterocycles. The van der Waals surface area contributed by atoms with Crippen molar-refractivity contribution < 1.29 is 33.4 Å². The molecule has 0 bridgehead atoms. The molecule has 0 radical (unpaired) electrons. The lowest BCUT2D eigenvalue weighted by Gasteiger charge is -2.27. The van der Waals surface area contributed by atoms with Crippen molar-refractivity contribution in [1.82, 2.24) is 5.32 Å². The van der Waals surface area contributed by atoms with Gasteiger partial charge in [0.2, 0.25) is 0 Å². The number of hydrogen-bond acceptors (Lipinski definition) is 7. The molecule has 0 atom stereocenters. The van der Waals surface area contributed by atoms with Gasteiger partial charge in [-0.1, -0.05) is 6.07 Å². The number of nitrogens with zero attached hydrogens (tertiary/aromatic N) is 1. The molecule has 3 rings (SSSR count). The molecule has 9 nitrogen and oxygen atoms in total. The number of amides is 4. The van der Waals surface area contributed by atoms with Crippen molar-refractivity contribution in [2.24, 2.45) is 0 Å². The third-order valence-electron chi connectivity index (χ3n) is 5.13. The van der Waals surface area contributed by atoms with E-state index in [2.05, 4.69) is 5.32 Å². The minimum Gasteiger partial charge on any atom is -0.490 e. The zero-order valence-electron chi connectivity index (χ0n) is 19.8. The number of hydrogen-bond donors (Lipinski definition) is 1. The van der Waals surface area contributed by atoms with Crippen LogP contribution in [-0.4, -0.2) is 43.6 Å². The van der Waals surface area contributed by atoms with Crippen LogP contribution >= 0.6 is 22.6 Å². The third-order valence-corrected chi connectivity index (χ3v) is 5.93. The first-order chi connectivity index (χ1) is 16.7. The summed E-state index contributed by atoms with van der Waals surface area (Å²) in [5, 5.41) is 2.22. The Morgan fingerprint density at radius 1 is 1.03 bits per heavy atom. The minimum atomic E-state index is -0.812. The van der Waals surface area contributed by atoms with Gasteiger partial charge >= 0.3 is 12.0 Å². The molecule has 1 aliphatic heterocycles. The summed E-state index contributed by atoms with van der Waals surface area (Å²) in [6, 6.07) is 7.62. The Balaban J connectivity index is 1.97. The van der Waals surface area contributed by atoms with Crippen LogP contribution in [0, 0.1) is 17.4 Å². The van der Waals surface area contributed by atoms with Gasteiger partial charge in [0.15, 0.2) is 18.1 Å². The summed E-state index contributed by atoms with van der Waals surface area (Å²) in [6.45, 7) is 7.55. The molecule has 1 aliphatic rings. The number of aryl methyl sites for hydroxylation is 2. The van der Waals surface area contributed by atoms with E-state index in [1.54, 1.807) is 44.2 Å². The van der Waals surface area contributed by atoms with E-state index >= 15 is 0 Å². The number of imide groups is 2. The number of nitrogens with one attached hydrogen (secondary N) is 1. The van der Waals surface area contributed by atoms with Crippen molar-refractivity contribution in [2.45, 2.75) is 27.7 Å². The van der Waals surface area contributed by atoms with Gasteiger partial charge in [0, 0.05) is 0 Å². The lowest BCUT2D eigenvalue weighted by atomic mass is 10.0. The molecule has 0 saturated carbocycles. The van der Waals surface area contributed by atoms with Gasteiger partial charge in [-0.2, -0.15) is 0 Å². The van der Waals surface area contributed by atoms with Crippen LogP contribution in [0.1, 0.15) is 30.5 Å². The Bertz CT molecular complexity index is 1220. The molecule has 0 aliphatic carbocycles. The molecule has 10 heteroatoms. The summed E-state index contributed by atoms with van der Waals surface area (Å²) in [5.74, 6) is -1.37. The van der Waals surface area contributed by atoms with Crippen molar-refractivity contribution in [3.63, 3.8) is 0 Å². The van der Waals surface area contributed by atoms with E-state index in [0.29, 0.717) is 32.9 Å². The highest BCUT2D eigenvalue weighted by molar-refractivity contribution is 14.1. The number of barbiturate groups is 1. The van der Waals surface area contributed by atoms with Gasteiger partial charge in [0.25, 0.3) is 11.8 Å². The van der Waals surface area contributed by atoms with Crippen LogP contribution < -0.4 is 19.7 Å². The second-order valence-electron chi connectivity index (χ2n) is 7.58. The number of halogens is 1. The molecular weight excluding hydrogens is 567 g/mol. The van der Waals surface area contributed by atoms with Crippen molar-refractivity contribution >= 4 is 58.2 Å². The second-order valence-corrected chi connectivity index (χ2v) is 8.75. The Kier molecular flexibility index (Phi) is 8.49. The normalized spacial score (nSPS) is 14.7. The number of carbonyl (C=O) groups is 4. The highest BCUT2D eigenvalue weighted by atomic mass is 127. The van der Waals surface area contributed by atoms with Crippen LogP contribution in [0.15, 0.2) is 35.9 Å². The van der Waals surface area contributed by atoms with Crippen molar-refractivity contribution in [1.29, 1.82) is 0 Å². The molecule has 0 unspecified atom stereocenters. The third kappa shape index (κ3) is 5.99. The topological polar surface area (TPSA) is 111 Å². The molecule has 0 spiro atoms. The number of carbonyl (C=O) groups excluding carboxylic acids is 4. The first kappa shape index (κ1) is 26.2. The Morgan fingerprint density at radius 3 is 2.43 bits per heavy atom. The first-order valence-corrected chi connectivity index (χ1v) is 12.0. The molecule has 1 heterocycles. The van der Waals surface area contributed by atoms with Crippen LogP contribution in [0.5, 0.6) is 11.5 Å². The number of anilines is 1. The standard InChI is InChI=1S/C25H25IN2O7/c1-5-33-20-12-16(11-19(26)22(20)35-13-21(29)34-6-2)10-18-23(30)27-25(32)28(24(18)31)17-8-7-14(3)15(4)9-17/h7-12H,5-6,13H2,1-4H3,(H,27,30,32)/b18-10+. The Labute approximate surface area is 216 Å². The van der Waals surface area contributed by atoms with Gasteiger partial charge in [0.1, 0.15) is 5.57 Å². The van der Waals surface area contributed by atoms with E-state index < -0.39 is 23.8 Å². The molecule has 35 heavy (non-hydrogen) atoms. The second kappa shape index (κ2) is 11.3. The summed E-state index contributed by atoms with van der Waals surface area (Å²) in [6.07, 6.45) is 1.39. The van der Waals surface area contributed by atoms with E-state index in [1.165, 1.54) is 6.08 Å². The zero-order valence-corrected chi connectivity index (χ0v) is 21.9. The van der Waals surface area contributed by atoms with Gasteiger partial charge in [-0.3, -0.25) is 14.9 Å². The monoisotopic (exact) mass is 592 g/mol. The van der Waals surface area contributed by atoms with E-state index in [-0.39, 0.29) is 18.8 Å². The number of esters is 1. The summed E-state index contributed by atoms with van der Waals surface area (Å²) in [4.78, 5) is 50.9. The maximum absolute atomic E-state index is 13.2. The van der Waals surface area contributed by atoms with Crippen LogP contribution in [0.25, 0.3) is 6.08 Å². The van der Waals surface area contributed by atoms with Crippen LogP contribution in [0.3, 0.4) is 0 Å². The minimum absolute atomic E-state index is 0.207. The van der Waals surface area contributed by atoms with E-state index in [0.717, 1.165) is 16.0 Å². The SMILES string of the molecule is CCOC(=O)COc1c(I)cc(/C=C2\C(=O)NC(=O)N(c3ccc(C)c(C)c3)C2=O)cc1OCC. The summed E-state index contributed by atoms with van der Waals surface area (Å²) >= 11 is 2.01. The van der Waals surface area contributed by atoms with Crippen molar-refractivity contribution in [3.05, 3.63) is 56.2 Å². The van der Waals surface area contributed by atoms with Gasteiger partial charge < -0.3 is 14.2 Å². The fourth-order valence-corrected chi connectivity index (χ4v) is 4.11. The maximum atomic E-state index is 13.2. The molecular formula is C25H25IN2O7. The maximum Gasteiger partial charge on any atom is 0.344 e. The van der Waals surface area contributed by atoms with Crippen LogP contribution in [-0.2, 0) is 19.1 Å². The molecule has 0 aromatic heterocycles. The largest absolute Gasteiger partial charge is 0.490 e.